The number of nitrogens with zero attached hydrogens (tertiary/aromatic N) is 1. The van der Waals surface area contributed by atoms with Gasteiger partial charge in [-0.05, 0) is 90.6 Å². The highest BCUT2D eigenvalue weighted by atomic mass is 16.5. The molecule has 0 radical (unpaired) electrons. The van der Waals surface area contributed by atoms with Crippen LogP contribution in [-0.4, -0.2) is 31.3 Å². The summed E-state index contributed by atoms with van der Waals surface area (Å²) >= 11 is 0. The molecule has 36 heavy (non-hydrogen) atoms. The third-order valence-electron chi connectivity index (χ3n) is 5.29. The van der Waals surface area contributed by atoms with Crippen LogP contribution in [0.15, 0.2) is 71.8 Å². The molecule has 188 valence electrons. The van der Waals surface area contributed by atoms with Gasteiger partial charge in [0.15, 0.2) is 6.61 Å². The SMILES string of the molecule is CCCOc1ccc(C(=O)Oc2ccc(C=NNC(=O)COc3cc(C(C)C)ccc3C)cc2)cc1. The Morgan fingerprint density at radius 3 is 2.31 bits per heavy atom. The zero-order chi connectivity index (χ0) is 25.9. The molecule has 0 unspecified atom stereocenters. The van der Waals surface area contributed by atoms with Gasteiger partial charge in [0, 0.05) is 0 Å². The number of hydrogen-bond donors (Lipinski definition) is 1. The lowest BCUT2D eigenvalue weighted by atomic mass is 10.0. The standard InChI is InChI=1S/C29H32N2O5/c1-5-16-34-25-14-10-23(11-15-25)29(33)36-26-12-7-22(8-13-26)18-30-31-28(32)19-35-27-17-24(20(2)3)9-6-21(27)4/h6-15,17-18,20H,5,16,19H2,1-4H3,(H,31,32). The molecule has 3 aromatic rings. The van der Waals surface area contributed by atoms with Crippen LogP contribution in [0.1, 0.15) is 60.2 Å². The number of carbonyl (C=O) groups excluding carboxylic acids is 2. The van der Waals surface area contributed by atoms with Crippen molar-refractivity contribution in [1.82, 2.24) is 5.43 Å². The lowest BCUT2D eigenvalue weighted by Gasteiger charge is -2.12. The molecule has 0 aliphatic rings. The molecule has 0 fully saturated rings. The maximum atomic E-state index is 12.4. The molecule has 0 aromatic heterocycles. The van der Waals surface area contributed by atoms with Crippen LogP contribution < -0.4 is 19.6 Å². The Kier molecular flexibility index (Phi) is 9.63. The molecule has 0 aliphatic heterocycles. The summed E-state index contributed by atoms with van der Waals surface area (Å²) in [5, 5.41) is 3.97. The van der Waals surface area contributed by atoms with Crippen molar-refractivity contribution in [3.05, 3.63) is 89.0 Å². The van der Waals surface area contributed by atoms with E-state index in [1.807, 2.05) is 26.0 Å². The first kappa shape index (κ1) is 26.5. The van der Waals surface area contributed by atoms with Gasteiger partial charge in [-0.3, -0.25) is 4.79 Å². The van der Waals surface area contributed by atoms with Crippen LogP contribution in [0.3, 0.4) is 0 Å². The van der Waals surface area contributed by atoms with Crippen molar-refractivity contribution >= 4 is 18.1 Å². The van der Waals surface area contributed by atoms with Crippen molar-refractivity contribution in [3.63, 3.8) is 0 Å². The number of esters is 1. The largest absolute Gasteiger partial charge is 0.494 e. The van der Waals surface area contributed by atoms with Crippen molar-refractivity contribution in [1.29, 1.82) is 0 Å². The smallest absolute Gasteiger partial charge is 0.343 e. The number of benzene rings is 3. The number of aryl methyl sites for hydroxylation is 1. The number of nitrogens with one attached hydrogen (secondary N) is 1. The summed E-state index contributed by atoms with van der Waals surface area (Å²) in [7, 11) is 0. The molecule has 1 N–H and O–H groups in total. The van der Waals surface area contributed by atoms with Crippen LogP contribution >= 0.6 is 0 Å². The van der Waals surface area contributed by atoms with E-state index in [0.29, 0.717) is 35.3 Å². The molecule has 0 bridgehead atoms. The van der Waals surface area contributed by atoms with E-state index < -0.39 is 5.97 Å². The molecule has 0 saturated heterocycles. The van der Waals surface area contributed by atoms with Crippen LogP contribution in [-0.2, 0) is 4.79 Å². The summed E-state index contributed by atoms with van der Waals surface area (Å²) in [5.74, 6) is 1.35. The highest BCUT2D eigenvalue weighted by Gasteiger charge is 2.09. The van der Waals surface area contributed by atoms with Gasteiger partial charge >= 0.3 is 5.97 Å². The number of hydrogen-bond acceptors (Lipinski definition) is 6. The van der Waals surface area contributed by atoms with Crippen molar-refractivity contribution in [2.24, 2.45) is 5.10 Å². The van der Waals surface area contributed by atoms with E-state index in [9.17, 15) is 9.59 Å². The zero-order valence-corrected chi connectivity index (χ0v) is 21.1. The summed E-state index contributed by atoms with van der Waals surface area (Å²) in [6.45, 7) is 8.67. The van der Waals surface area contributed by atoms with Crippen molar-refractivity contribution in [2.75, 3.05) is 13.2 Å². The lowest BCUT2D eigenvalue weighted by Crippen LogP contribution is -2.24. The van der Waals surface area contributed by atoms with Gasteiger partial charge in [0.25, 0.3) is 5.91 Å². The minimum atomic E-state index is -0.458. The molecule has 0 heterocycles. The highest BCUT2D eigenvalue weighted by molar-refractivity contribution is 5.91. The monoisotopic (exact) mass is 488 g/mol. The quantitative estimate of drug-likeness (QED) is 0.163. The van der Waals surface area contributed by atoms with Gasteiger partial charge in [0.05, 0.1) is 18.4 Å². The Balaban J connectivity index is 1.46. The number of carbonyl (C=O) groups is 2. The van der Waals surface area contributed by atoms with Gasteiger partial charge in [0.2, 0.25) is 0 Å². The summed E-state index contributed by atoms with van der Waals surface area (Å²) in [6.07, 6.45) is 2.42. The maximum Gasteiger partial charge on any atom is 0.343 e. The first-order chi connectivity index (χ1) is 17.4. The van der Waals surface area contributed by atoms with Crippen LogP contribution in [0.4, 0.5) is 0 Å². The number of hydrazone groups is 1. The average molecular weight is 489 g/mol. The Bertz CT molecular complexity index is 1190. The third kappa shape index (κ3) is 7.98. The van der Waals surface area contributed by atoms with Crippen molar-refractivity contribution in [2.45, 2.75) is 40.0 Å². The van der Waals surface area contributed by atoms with E-state index in [4.69, 9.17) is 14.2 Å². The summed E-state index contributed by atoms with van der Waals surface area (Å²) in [5.41, 5.74) is 5.73. The molecular formula is C29H32N2O5. The molecule has 3 aromatic carbocycles. The Labute approximate surface area is 212 Å². The highest BCUT2D eigenvalue weighted by Crippen LogP contribution is 2.24. The second-order valence-electron chi connectivity index (χ2n) is 8.59. The fourth-order valence-corrected chi connectivity index (χ4v) is 3.18. The van der Waals surface area contributed by atoms with E-state index in [0.717, 1.165) is 23.1 Å². The number of rotatable bonds is 11. The first-order valence-corrected chi connectivity index (χ1v) is 12.0. The average Bonchev–Trinajstić information content (AvgIpc) is 2.88. The van der Waals surface area contributed by atoms with Crippen LogP contribution in [0, 0.1) is 6.92 Å². The summed E-state index contributed by atoms with van der Waals surface area (Å²) in [6, 6.07) is 19.6. The predicted octanol–water partition coefficient (Wildman–Crippen LogP) is 5.66. The molecular weight excluding hydrogens is 456 g/mol. The van der Waals surface area contributed by atoms with E-state index in [-0.39, 0.29) is 12.5 Å². The Hall–Kier alpha value is -4.13. The van der Waals surface area contributed by atoms with Crippen molar-refractivity contribution < 1.29 is 23.8 Å². The number of amides is 1. The van der Waals surface area contributed by atoms with Gasteiger partial charge in [-0.1, -0.05) is 32.9 Å². The fraction of sp³-hybridized carbons (Fsp3) is 0.276. The van der Waals surface area contributed by atoms with Crippen LogP contribution in [0.25, 0.3) is 0 Å². The zero-order valence-electron chi connectivity index (χ0n) is 21.1. The number of ether oxygens (including phenoxy) is 3. The maximum absolute atomic E-state index is 12.4. The molecule has 0 saturated carbocycles. The summed E-state index contributed by atoms with van der Waals surface area (Å²) in [4.78, 5) is 24.5. The lowest BCUT2D eigenvalue weighted by molar-refractivity contribution is -0.123. The van der Waals surface area contributed by atoms with Gasteiger partial charge < -0.3 is 14.2 Å². The normalized spacial score (nSPS) is 10.9. The molecule has 0 spiro atoms. The van der Waals surface area contributed by atoms with Gasteiger partial charge in [0.1, 0.15) is 17.2 Å². The Morgan fingerprint density at radius 1 is 0.944 bits per heavy atom. The van der Waals surface area contributed by atoms with E-state index in [2.05, 4.69) is 30.4 Å². The van der Waals surface area contributed by atoms with E-state index in [1.165, 1.54) is 6.21 Å². The second-order valence-corrected chi connectivity index (χ2v) is 8.59. The molecule has 0 aliphatic carbocycles. The third-order valence-corrected chi connectivity index (χ3v) is 5.29. The van der Waals surface area contributed by atoms with Gasteiger partial charge in [-0.15, -0.1) is 0 Å². The summed E-state index contributed by atoms with van der Waals surface area (Å²) < 4.78 is 16.6. The minimum Gasteiger partial charge on any atom is -0.494 e. The van der Waals surface area contributed by atoms with Crippen LogP contribution in [0.2, 0.25) is 0 Å². The molecule has 7 heteroatoms. The molecule has 0 atom stereocenters. The predicted molar refractivity (Wildman–Crippen MR) is 140 cm³/mol. The van der Waals surface area contributed by atoms with Crippen LogP contribution in [0.5, 0.6) is 17.2 Å². The minimum absolute atomic E-state index is 0.139. The van der Waals surface area contributed by atoms with Gasteiger partial charge in [-0.25, -0.2) is 10.2 Å². The van der Waals surface area contributed by atoms with Gasteiger partial charge in [-0.2, -0.15) is 5.10 Å². The molecule has 7 nitrogen and oxygen atoms in total. The van der Waals surface area contributed by atoms with E-state index >= 15 is 0 Å². The second kappa shape index (κ2) is 13.1. The van der Waals surface area contributed by atoms with Crippen molar-refractivity contribution in [3.8, 4) is 17.2 Å². The molecule has 1 amide bonds. The van der Waals surface area contributed by atoms with E-state index in [1.54, 1.807) is 48.5 Å². The molecule has 3 rings (SSSR count). The Morgan fingerprint density at radius 2 is 1.64 bits per heavy atom. The first-order valence-electron chi connectivity index (χ1n) is 12.0. The topological polar surface area (TPSA) is 86.2 Å². The fourth-order valence-electron chi connectivity index (χ4n) is 3.18.